The normalized spacial score (nSPS) is 20.5. The molecule has 1 atom stereocenters. The van der Waals surface area contributed by atoms with Crippen molar-refractivity contribution >= 4 is 23.1 Å². The molecule has 6 heteroatoms. The molecule has 1 aromatic rings. The smallest absolute Gasteiger partial charge is 0.399 e. The number of anilines is 2. The summed E-state index contributed by atoms with van der Waals surface area (Å²) < 4.78 is 38.4. The van der Waals surface area contributed by atoms with E-state index in [1.54, 1.807) is 11.8 Å². The number of nitrogen functional groups attached to an aromatic ring is 1. The molecule has 0 amide bonds. The average molecular weight is 262 g/mol. The summed E-state index contributed by atoms with van der Waals surface area (Å²) in [6.07, 6.45) is -3.48. The molecule has 0 saturated carbocycles. The van der Waals surface area contributed by atoms with Crippen LogP contribution in [0.3, 0.4) is 0 Å². The van der Waals surface area contributed by atoms with Crippen molar-refractivity contribution in [2.24, 2.45) is 0 Å². The molecule has 3 N–H and O–H groups in total. The Morgan fingerprint density at radius 2 is 2.12 bits per heavy atom. The largest absolute Gasteiger partial charge is 0.418 e. The monoisotopic (exact) mass is 262 g/mol. The lowest BCUT2D eigenvalue weighted by Crippen LogP contribution is -2.21. The molecular formula is C11H13F3N2S. The number of nitrogens with two attached hydrogens (primary N) is 1. The summed E-state index contributed by atoms with van der Waals surface area (Å²) in [4.78, 5) is 0. The Kier molecular flexibility index (Phi) is 3.42. The standard InChI is InChI=1S/C11H13F3N2S/c12-11(13,14)9-5-7(15)1-2-10(9)16-8-3-4-17-6-8/h1-2,5,8,16H,3-4,6,15H2. The first-order valence-electron chi connectivity index (χ1n) is 5.28. The number of hydrogen-bond donors (Lipinski definition) is 2. The summed E-state index contributed by atoms with van der Waals surface area (Å²) >= 11 is 1.75. The van der Waals surface area contributed by atoms with E-state index in [4.69, 9.17) is 5.73 Å². The van der Waals surface area contributed by atoms with Gasteiger partial charge in [-0.2, -0.15) is 24.9 Å². The van der Waals surface area contributed by atoms with E-state index in [1.165, 1.54) is 12.1 Å². The highest BCUT2D eigenvalue weighted by atomic mass is 32.2. The molecule has 1 saturated heterocycles. The van der Waals surface area contributed by atoms with Gasteiger partial charge in [-0.3, -0.25) is 0 Å². The number of alkyl halides is 3. The molecule has 2 nitrogen and oxygen atoms in total. The first-order chi connectivity index (χ1) is 7.97. The van der Waals surface area contributed by atoms with Crippen LogP contribution in [-0.4, -0.2) is 17.5 Å². The van der Waals surface area contributed by atoms with Crippen molar-refractivity contribution in [3.05, 3.63) is 23.8 Å². The second-order valence-electron chi connectivity index (χ2n) is 4.01. The number of hydrogen-bond acceptors (Lipinski definition) is 3. The van der Waals surface area contributed by atoms with E-state index in [2.05, 4.69) is 5.32 Å². The van der Waals surface area contributed by atoms with Gasteiger partial charge in [-0.25, -0.2) is 0 Å². The number of rotatable bonds is 2. The van der Waals surface area contributed by atoms with Crippen LogP contribution in [0.15, 0.2) is 18.2 Å². The molecule has 0 aromatic heterocycles. The van der Waals surface area contributed by atoms with Crippen molar-refractivity contribution in [1.29, 1.82) is 0 Å². The maximum atomic E-state index is 12.8. The Labute approximate surface area is 102 Å². The lowest BCUT2D eigenvalue weighted by atomic mass is 10.1. The summed E-state index contributed by atoms with van der Waals surface area (Å²) in [6, 6.07) is 3.98. The predicted octanol–water partition coefficient (Wildman–Crippen LogP) is 3.21. The minimum Gasteiger partial charge on any atom is -0.399 e. The zero-order valence-corrected chi connectivity index (χ0v) is 9.87. The molecule has 1 aliphatic heterocycles. The van der Waals surface area contributed by atoms with Gasteiger partial charge in [0.2, 0.25) is 0 Å². The van der Waals surface area contributed by atoms with E-state index in [-0.39, 0.29) is 17.4 Å². The third-order valence-corrected chi connectivity index (χ3v) is 3.80. The third-order valence-electron chi connectivity index (χ3n) is 2.64. The van der Waals surface area contributed by atoms with Gasteiger partial charge in [0.05, 0.1) is 5.56 Å². The maximum Gasteiger partial charge on any atom is 0.418 e. The van der Waals surface area contributed by atoms with E-state index >= 15 is 0 Å². The van der Waals surface area contributed by atoms with Crippen LogP contribution in [0.5, 0.6) is 0 Å². The zero-order valence-electron chi connectivity index (χ0n) is 9.05. The molecule has 0 spiro atoms. The quantitative estimate of drug-likeness (QED) is 0.804. The summed E-state index contributed by atoms with van der Waals surface area (Å²) in [7, 11) is 0. The zero-order chi connectivity index (χ0) is 12.5. The fourth-order valence-corrected chi connectivity index (χ4v) is 2.94. The van der Waals surface area contributed by atoms with Gasteiger partial charge in [-0.15, -0.1) is 0 Å². The van der Waals surface area contributed by atoms with Gasteiger partial charge < -0.3 is 11.1 Å². The predicted molar refractivity (Wildman–Crippen MR) is 65.2 cm³/mol. The van der Waals surface area contributed by atoms with Crippen molar-refractivity contribution in [2.75, 3.05) is 22.6 Å². The highest BCUT2D eigenvalue weighted by molar-refractivity contribution is 7.99. The maximum absolute atomic E-state index is 12.8. The topological polar surface area (TPSA) is 38.0 Å². The highest BCUT2D eigenvalue weighted by Crippen LogP contribution is 2.37. The minimum absolute atomic E-state index is 0.115. The van der Waals surface area contributed by atoms with Crippen LogP contribution in [0.4, 0.5) is 24.5 Å². The Morgan fingerprint density at radius 3 is 2.71 bits per heavy atom. The van der Waals surface area contributed by atoms with Gasteiger partial charge in [0.25, 0.3) is 0 Å². The highest BCUT2D eigenvalue weighted by Gasteiger charge is 2.34. The van der Waals surface area contributed by atoms with Crippen molar-refractivity contribution in [3.8, 4) is 0 Å². The van der Waals surface area contributed by atoms with Crippen LogP contribution < -0.4 is 11.1 Å². The van der Waals surface area contributed by atoms with E-state index < -0.39 is 11.7 Å². The summed E-state index contributed by atoms with van der Waals surface area (Å²) in [5.74, 6) is 1.84. The Balaban J connectivity index is 2.25. The van der Waals surface area contributed by atoms with Crippen LogP contribution in [-0.2, 0) is 6.18 Å². The average Bonchev–Trinajstić information content (AvgIpc) is 2.72. The van der Waals surface area contributed by atoms with Crippen molar-refractivity contribution in [1.82, 2.24) is 0 Å². The van der Waals surface area contributed by atoms with Crippen LogP contribution in [0.25, 0.3) is 0 Å². The molecule has 0 radical (unpaired) electrons. The van der Waals surface area contributed by atoms with Crippen LogP contribution in [0.1, 0.15) is 12.0 Å². The SMILES string of the molecule is Nc1ccc(NC2CCSC2)c(C(F)(F)F)c1. The lowest BCUT2D eigenvalue weighted by molar-refractivity contribution is -0.136. The lowest BCUT2D eigenvalue weighted by Gasteiger charge is -2.18. The first-order valence-corrected chi connectivity index (χ1v) is 6.43. The first kappa shape index (κ1) is 12.4. The van der Waals surface area contributed by atoms with Crippen molar-refractivity contribution in [2.45, 2.75) is 18.6 Å². The van der Waals surface area contributed by atoms with Gasteiger partial charge in [-0.05, 0) is 30.4 Å². The summed E-state index contributed by atoms with van der Waals surface area (Å²) in [5, 5.41) is 2.95. The molecule has 1 aliphatic rings. The molecule has 1 fully saturated rings. The molecule has 2 rings (SSSR count). The second kappa shape index (κ2) is 4.68. The number of nitrogens with one attached hydrogen (secondary N) is 1. The summed E-state index contributed by atoms with van der Waals surface area (Å²) in [5.41, 5.74) is 4.97. The molecule has 1 unspecified atom stereocenters. The van der Waals surface area contributed by atoms with Gasteiger partial charge in [0.1, 0.15) is 0 Å². The third kappa shape index (κ3) is 3.00. The molecule has 17 heavy (non-hydrogen) atoms. The van der Waals surface area contributed by atoms with Gasteiger partial charge in [0, 0.05) is 23.2 Å². The second-order valence-corrected chi connectivity index (χ2v) is 5.16. The van der Waals surface area contributed by atoms with Crippen LogP contribution in [0.2, 0.25) is 0 Å². The van der Waals surface area contributed by atoms with E-state index in [9.17, 15) is 13.2 Å². The van der Waals surface area contributed by atoms with Crippen LogP contribution >= 0.6 is 11.8 Å². The number of halogens is 3. The molecular weight excluding hydrogens is 249 g/mol. The van der Waals surface area contributed by atoms with E-state index in [0.29, 0.717) is 0 Å². The van der Waals surface area contributed by atoms with Gasteiger partial charge in [0.15, 0.2) is 0 Å². The molecule has 0 bridgehead atoms. The number of thioether (sulfide) groups is 1. The molecule has 1 aromatic carbocycles. The van der Waals surface area contributed by atoms with Crippen LogP contribution in [0, 0.1) is 0 Å². The van der Waals surface area contributed by atoms with E-state index in [1.807, 2.05) is 0 Å². The number of benzene rings is 1. The van der Waals surface area contributed by atoms with Crippen molar-refractivity contribution in [3.63, 3.8) is 0 Å². The molecule has 1 heterocycles. The molecule has 94 valence electrons. The fourth-order valence-electron chi connectivity index (χ4n) is 1.79. The Hall–Kier alpha value is -1.04. The van der Waals surface area contributed by atoms with Crippen molar-refractivity contribution < 1.29 is 13.2 Å². The van der Waals surface area contributed by atoms with Gasteiger partial charge >= 0.3 is 6.18 Å². The van der Waals surface area contributed by atoms with Gasteiger partial charge in [-0.1, -0.05) is 0 Å². The Morgan fingerprint density at radius 1 is 1.35 bits per heavy atom. The Bertz CT molecular complexity index is 400. The minimum atomic E-state index is -4.37. The summed E-state index contributed by atoms with van der Waals surface area (Å²) in [6.45, 7) is 0. The van der Waals surface area contributed by atoms with E-state index in [0.717, 1.165) is 24.0 Å². The fraction of sp³-hybridized carbons (Fsp3) is 0.455. The molecule has 0 aliphatic carbocycles.